The fourth-order valence-corrected chi connectivity index (χ4v) is 1.61. The number of hydrogen-bond acceptors (Lipinski definition) is 1. The SMILES string of the molecule is C=C(C)/C=C/CC(C)CCC(CC)C(=O)O. The van der Waals surface area contributed by atoms with Gasteiger partial charge in [-0.3, -0.25) is 4.79 Å². The van der Waals surface area contributed by atoms with Gasteiger partial charge in [0.15, 0.2) is 0 Å². The topological polar surface area (TPSA) is 37.3 Å². The van der Waals surface area contributed by atoms with Gasteiger partial charge in [0.05, 0.1) is 5.92 Å². The minimum absolute atomic E-state index is 0.174. The monoisotopic (exact) mass is 224 g/mol. The summed E-state index contributed by atoms with van der Waals surface area (Å²) in [7, 11) is 0. The first-order valence-electron chi connectivity index (χ1n) is 6.02. The van der Waals surface area contributed by atoms with Gasteiger partial charge < -0.3 is 5.11 Å². The molecule has 0 aromatic heterocycles. The first kappa shape index (κ1) is 14.9. The molecule has 0 spiro atoms. The van der Waals surface area contributed by atoms with E-state index in [9.17, 15) is 4.79 Å². The molecule has 0 aliphatic heterocycles. The van der Waals surface area contributed by atoms with E-state index in [4.69, 9.17) is 5.11 Å². The molecule has 92 valence electrons. The van der Waals surface area contributed by atoms with Crippen LogP contribution in [0.3, 0.4) is 0 Å². The van der Waals surface area contributed by atoms with Crippen molar-refractivity contribution in [3.63, 3.8) is 0 Å². The van der Waals surface area contributed by atoms with Gasteiger partial charge >= 0.3 is 5.97 Å². The second-order valence-corrected chi connectivity index (χ2v) is 4.61. The second kappa shape index (κ2) is 8.14. The fraction of sp³-hybridized carbons (Fsp3) is 0.643. The van der Waals surface area contributed by atoms with Crippen LogP contribution >= 0.6 is 0 Å². The Morgan fingerprint density at radius 1 is 1.44 bits per heavy atom. The number of aliphatic carboxylic acids is 1. The van der Waals surface area contributed by atoms with E-state index in [2.05, 4.69) is 19.6 Å². The van der Waals surface area contributed by atoms with Gasteiger partial charge in [-0.1, -0.05) is 38.2 Å². The summed E-state index contributed by atoms with van der Waals surface area (Å²) in [6.07, 6.45) is 7.63. The van der Waals surface area contributed by atoms with Gasteiger partial charge in [-0.05, 0) is 38.5 Å². The van der Waals surface area contributed by atoms with Crippen molar-refractivity contribution in [2.45, 2.75) is 46.5 Å². The molecule has 0 saturated carbocycles. The molecule has 0 heterocycles. The molecule has 0 aliphatic carbocycles. The van der Waals surface area contributed by atoms with Crippen molar-refractivity contribution in [3.05, 3.63) is 24.3 Å². The molecule has 0 fully saturated rings. The summed E-state index contributed by atoms with van der Waals surface area (Å²) in [4.78, 5) is 10.8. The largest absolute Gasteiger partial charge is 0.481 e. The average molecular weight is 224 g/mol. The Morgan fingerprint density at radius 2 is 2.06 bits per heavy atom. The van der Waals surface area contributed by atoms with Crippen molar-refractivity contribution < 1.29 is 9.90 Å². The number of carboxylic acids is 1. The lowest BCUT2D eigenvalue weighted by Gasteiger charge is -2.13. The lowest BCUT2D eigenvalue weighted by molar-refractivity contribution is -0.142. The Morgan fingerprint density at radius 3 is 2.50 bits per heavy atom. The van der Waals surface area contributed by atoms with E-state index in [1.165, 1.54) is 0 Å². The van der Waals surface area contributed by atoms with E-state index in [0.717, 1.165) is 31.3 Å². The Balaban J connectivity index is 3.83. The highest BCUT2D eigenvalue weighted by molar-refractivity contribution is 5.69. The van der Waals surface area contributed by atoms with E-state index in [-0.39, 0.29) is 5.92 Å². The highest BCUT2D eigenvalue weighted by Crippen LogP contribution is 2.18. The summed E-state index contributed by atoms with van der Waals surface area (Å²) in [5, 5.41) is 8.91. The van der Waals surface area contributed by atoms with Crippen molar-refractivity contribution >= 4 is 5.97 Å². The molecule has 1 N–H and O–H groups in total. The molecule has 0 aromatic carbocycles. The molecule has 2 heteroatoms. The number of rotatable bonds is 8. The summed E-state index contributed by atoms with van der Waals surface area (Å²) in [6.45, 7) is 9.87. The maximum absolute atomic E-state index is 10.8. The Bertz CT molecular complexity index is 253. The Hall–Kier alpha value is -1.05. The molecule has 0 radical (unpaired) electrons. The van der Waals surface area contributed by atoms with Gasteiger partial charge in [-0.25, -0.2) is 0 Å². The number of carboxylic acid groups (broad SMARTS) is 1. The maximum Gasteiger partial charge on any atom is 0.306 e. The molecule has 16 heavy (non-hydrogen) atoms. The summed E-state index contributed by atoms with van der Waals surface area (Å²) < 4.78 is 0. The molecule has 2 nitrogen and oxygen atoms in total. The second-order valence-electron chi connectivity index (χ2n) is 4.61. The van der Waals surface area contributed by atoms with Gasteiger partial charge in [0.25, 0.3) is 0 Å². The van der Waals surface area contributed by atoms with E-state index >= 15 is 0 Å². The highest BCUT2D eigenvalue weighted by Gasteiger charge is 2.15. The molecular formula is C14H24O2. The summed E-state index contributed by atoms with van der Waals surface area (Å²) in [6, 6.07) is 0. The minimum atomic E-state index is -0.660. The van der Waals surface area contributed by atoms with Crippen LogP contribution in [-0.4, -0.2) is 11.1 Å². The minimum Gasteiger partial charge on any atom is -0.481 e. The van der Waals surface area contributed by atoms with Crippen LogP contribution in [0, 0.1) is 11.8 Å². The van der Waals surface area contributed by atoms with Gasteiger partial charge in [0.2, 0.25) is 0 Å². The summed E-state index contributed by atoms with van der Waals surface area (Å²) in [5.41, 5.74) is 1.06. The Kier molecular flexibility index (Phi) is 7.61. The van der Waals surface area contributed by atoms with Crippen molar-refractivity contribution in [1.29, 1.82) is 0 Å². The smallest absolute Gasteiger partial charge is 0.306 e. The lowest BCUT2D eigenvalue weighted by atomic mass is 9.93. The third-order valence-electron chi connectivity index (χ3n) is 2.79. The van der Waals surface area contributed by atoms with Gasteiger partial charge in [-0.2, -0.15) is 0 Å². The standard InChI is InChI=1S/C14H24O2/c1-5-13(14(15)16)10-9-12(4)8-6-7-11(2)3/h6-7,12-13H,2,5,8-10H2,1,3-4H3,(H,15,16)/b7-6+. The molecule has 0 amide bonds. The highest BCUT2D eigenvalue weighted by atomic mass is 16.4. The quantitative estimate of drug-likeness (QED) is 0.632. The molecule has 0 bridgehead atoms. The number of allylic oxidation sites excluding steroid dienone is 3. The first-order chi connectivity index (χ1) is 7.47. The van der Waals surface area contributed by atoms with Crippen LogP contribution < -0.4 is 0 Å². The molecule has 2 unspecified atom stereocenters. The van der Waals surface area contributed by atoms with Crippen LogP contribution in [0.2, 0.25) is 0 Å². The predicted molar refractivity (Wildman–Crippen MR) is 68.4 cm³/mol. The predicted octanol–water partition coefficient (Wildman–Crippen LogP) is 4.04. The van der Waals surface area contributed by atoms with Crippen LogP contribution in [0.25, 0.3) is 0 Å². The van der Waals surface area contributed by atoms with Crippen molar-refractivity contribution in [2.75, 3.05) is 0 Å². The molecule has 0 saturated heterocycles. The molecule has 2 atom stereocenters. The maximum atomic E-state index is 10.8. The third kappa shape index (κ3) is 7.27. The lowest BCUT2D eigenvalue weighted by Crippen LogP contribution is -2.13. The summed E-state index contributed by atoms with van der Waals surface area (Å²) in [5.74, 6) is -0.288. The van der Waals surface area contributed by atoms with Gasteiger partial charge in [0.1, 0.15) is 0 Å². The van der Waals surface area contributed by atoms with Crippen molar-refractivity contribution in [1.82, 2.24) is 0 Å². The average Bonchev–Trinajstić information content (AvgIpc) is 2.17. The zero-order valence-corrected chi connectivity index (χ0v) is 10.7. The van der Waals surface area contributed by atoms with Crippen molar-refractivity contribution in [3.8, 4) is 0 Å². The van der Waals surface area contributed by atoms with Crippen LogP contribution in [0.4, 0.5) is 0 Å². The summed E-state index contributed by atoms with van der Waals surface area (Å²) >= 11 is 0. The van der Waals surface area contributed by atoms with E-state index < -0.39 is 5.97 Å². The van der Waals surface area contributed by atoms with E-state index in [1.807, 2.05) is 19.9 Å². The molecule has 0 rings (SSSR count). The zero-order chi connectivity index (χ0) is 12.6. The number of carbonyl (C=O) groups is 1. The van der Waals surface area contributed by atoms with Crippen LogP contribution in [0.15, 0.2) is 24.3 Å². The van der Waals surface area contributed by atoms with Gasteiger partial charge in [0, 0.05) is 0 Å². The normalized spacial score (nSPS) is 14.9. The van der Waals surface area contributed by atoms with Crippen LogP contribution in [-0.2, 0) is 4.79 Å². The van der Waals surface area contributed by atoms with Crippen LogP contribution in [0.1, 0.15) is 46.5 Å². The zero-order valence-electron chi connectivity index (χ0n) is 10.7. The van der Waals surface area contributed by atoms with Gasteiger partial charge in [-0.15, -0.1) is 0 Å². The Labute approximate surface area is 99.1 Å². The molecule has 0 aliphatic rings. The molecule has 0 aromatic rings. The van der Waals surface area contributed by atoms with Crippen molar-refractivity contribution in [2.24, 2.45) is 11.8 Å². The van der Waals surface area contributed by atoms with E-state index in [0.29, 0.717) is 5.92 Å². The van der Waals surface area contributed by atoms with E-state index in [1.54, 1.807) is 0 Å². The first-order valence-corrected chi connectivity index (χ1v) is 6.02. The van der Waals surface area contributed by atoms with Crippen LogP contribution in [0.5, 0.6) is 0 Å². The number of hydrogen-bond donors (Lipinski definition) is 1. The molecular weight excluding hydrogens is 200 g/mol. The fourth-order valence-electron chi connectivity index (χ4n) is 1.61. The third-order valence-corrected chi connectivity index (χ3v) is 2.79.